The van der Waals surface area contributed by atoms with Gasteiger partial charge in [0.2, 0.25) is 5.91 Å². The van der Waals surface area contributed by atoms with Crippen LogP contribution < -0.4 is 20.3 Å². The maximum absolute atomic E-state index is 12.0. The molecular weight excluding hydrogens is 374 g/mol. The summed E-state index contributed by atoms with van der Waals surface area (Å²) in [6.07, 6.45) is 3.16. The Balaban J connectivity index is 1.48. The van der Waals surface area contributed by atoms with Gasteiger partial charge in [0.15, 0.2) is 5.11 Å². The summed E-state index contributed by atoms with van der Waals surface area (Å²) in [6, 6.07) is 15.4. The molecule has 0 aliphatic carbocycles. The van der Waals surface area contributed by atoms with Gasteiger partial charge in [-0.25, -0.2) is 0 Å². The van der Waals surface area contributed by atoms with E-state index in [1.807, 2.05) is 48.5 Å². The van der Waals surface area contributed by atoms with E-state index >= 15 is 0 Å². The summed E-state index contributed by atoms with van der Waals surface area (Å²) < 4.78 is 10.5. The number of methoxy groups -OCH3 is 1. The largest absolute Gasteiger partial charge is 0.497 e. The molecule has 1 amide bonds. The van der Waals surface area contributed by atoms with E-state index in [-0.39, 0.29) is 11.0 Å². The molecule has 0 unspecified atom stereocenters. The van der Waals surface area contributed by atoms with E-state index in [0.717, 1.165) is 49.0 Å². The lowest BCUT2D eigenvalue weighted by molar-refractivity contribution is -0.115. The van der Waals surface area contributed by atoms with E-state index < -0.39 is 0 Å². The molecule has 0 radical (unpaired) electrons. The number of amides is 1. The second-order valence-corrected chi connectivity index (χ2v) is 6.60. The number of carbonyl (C=O) groups excluding carboxylic acids is 1. The van der Waals surface area contributed by atoms with Crippen LogP contribution in [0.3, 0.4) is 0 Å². The first-order valence-corrected chi connectivity index (χ1v) is 9.42. The quantitative estimate of drug-likeness (QED) is 0.597. The van der Waals surface area contributed by atoms with Crippen LogP contribution in [0.25, 0.3) is 6.08 Å². The fourth-order valence-corrected chi connectivity index (χ4v) is 3.00. The molecule has 28 heavy (non-hydrogen) atoms. The summed E-state index contributed by atoms with van der Waals surface area (Å²) in [5.74, 6) is 0.477. The van der Waals surface area contributed by atoms with Crippen molar-refractivity contribution in [1.82, 2.24) is 5.32 Å². The van der Waals surface area contributed by atoms with E-state index in [9.17, 15) is 4.79 Å². The van der Waals surface area contributed by atoms with E-state index in [4.69, 9.17) is 21.7 Å². The van der Waals surface area contributed by atoms with Gasteiger partial charge in [-0.05, 0) is 60.3 Å². The monoisotopic (exact) mass is 397 g/mol. The highest BCUT2D eigenvalue weighted by Crippen LogP contribution is 2.19. The Labute approximate surface area is 170 Å². The number of benzene rings is 2. The molecule has 1 aliphatic rings. The highest BCUT2D eigenvalue weighted by atomic mass is 32.1. The topological polar surface area (TPSA) is 62.8 Å². The highest BCUT2D eigenvalue weighted by Gasteiger charge is 2.11. The van der Waals surface area contributed by atoms with Gasteiger partial charge in [0, 0.05) is 30.5 Å². The second kappa shape index (κ2) is 9.87. The number of morpholine rings is 1. The maximum Gasteiger partial charge on any atom is 0.250 e. The van der Waals surface area contributed by atoms with Crippen molar-refractivity contribution in [1.29, 1.82) is 0 Å². The second-order valence-electron chi connectivity index (χ2n) is 6.20. The molecule has 1 heterocycles. The Hall–Kier alpha value is -2.90. The Morgan fingerprint density at radius 3 is 2.43 bits per heavy atom. The van der Waals surface area contributed by atoms with E-state index in [1.54, 1.807) is 13.2 Å². The average Bonchev–Trinajstić information content (AvgIpc) is 2.74. The number of hydrogen-bond donors (Lipinski definition) is 2. The minimum Gasteiger partial charge on any atom is -0.497 e. The van der Waals surface area contributed by atoms with Gasteiger partial charge in [0.1, 0.15) is 5.75 Å². The van der Waals surface area contributed by atoms with Crippen molar-refractivity contribution in [2.75, 3.05) is 43.6 Å². The molecule has 7 heteroatoms. The Kier molecular flexibility index (Phi) is 7.00. The zero-order chi connectivity index (χ0) is 19.8. The van der Waals surface area contributed by atoms with Crippen molar-refractivity contribution in [2.45, 2.75) is 0 Å². The third-order valence-electron chi connectivity index (χ3n) is 4.28. The van der Waals surface area contributed by atoms with Crippen LogP contribution in [-0.2, 0) is 9.53 Å². The van der Waals surface area contributed by atoms with Crippen LogP contribution in [0.15, 0.2) is 54.6 Å². The smallest absolute Gasteiger partial charge is 0.250 e. The molecule has 6 nitrogen and oxygen atoms in total. The molecule has 3 rings (SSSR count). The van der Waals surface area contributed by atoms with Crippen LogP contribution in [0.4, 0.5) is 11.4 Å². The van der Waals surface area contributed by atoms with Crippen LogP contribution in [0.1, 0.15) is 5.56 Å². The molecule has 1 aliphatic heterocycles. The highest BCUT2D eigenvalue weighted by molar-refractivity contribution is 7.80. The Morgan fingerprint density at radius 1 is 1.11 bits per heavy atom. The van der Waals surface area contributed by atoms with Gasteiger partial charge in [0.25, 0.3) is 0 Å². The van der Waals surface area contributed by atoms with Crippen molar-refractivity contribution in [3.8, 4) is 5.75 Å². The number of nitrogens with zero attached hydrogens (tertiary/aromatic N) is 1. The van der Waals surface area contributed by atoms with Crippen LogP contribution >= 0.6 is 12.2 Å². The minimum atomic E-state index is -0.293. The zero-order valence-electron chi connectivity index (χ0n) is 15.7. The van der Waals surface area contributed by atoms with E-state index in [1.165, 1.54) is 6.08 Å². The predicted octanol–water partition coefficient (Wildman–Crippen LogP) is 3.06. The molecule has 1 saturated heterocycles. The molecular formula is C21H23N3O3S. The van der Waals surface area contributed by atoms with Crippen LogP contribution in [0.5, 0.6) is 5.75 Å². The lowest BCUT2D eigenvalue weighted by Crippen LogP contribution is -2.36. The molecule has 0 atom stereocenters. The summed E-state index contributed by atoms with van der Waals surface area (Å²) in [5, 5.41) is 5.92. The van der Waals surface area contributed by atoms with Crippen molar-refractivity contribution in [3.63, 3.8) is 0 Å². The predicted molar refractivity (Wildman–Crippen MR) is 116 cm³/mol. The van der Waals surface area contributed by atoms with Gasteiger partial charge in [-0.15, -0.1) is 0 Å². The Morgan fingerprint density at radius 2 is 1.79 bits per heavy atom. The van der Waals surface area contributed by atoms with Crippen LogP contribution in [0.2, 0.25) is 0 Å². The summed E-state index contributed by atoms with van der Waals surface area (Å²) in [7, 11) is 1.61. The molecule has 2 aromatic rings. The van der Waals surface area contributed by atoms with Crippen LogP contribution in [-0.4, -0.2) is 44.4 Å². The summed E-state index contributed by atoms with van der Waals surface area (Å²) in [5.41, 5.74) is 2.86. The number of thiocarbonyl (C=S) groups is 1. The van der Waals surface area contributed by atoms with Crippen molar-refractivity contribution < 1.29 is 14.3 Å². The van der Waals surface area contributed by atoms with E-state index in [2.05, 4.69) is 15.5 Å². The zero-order valence-corrected chi connectivity index (χ0v) is 16.5. The van der Waals surface area contributed by atoms with Gasteiger partial charge in [-0.3, -0.25) is 10.1 Å². The Bertz CT molecular complexity index is 829. The average molecular weight is 398 g/mol. The van der Waals surface area contributed by atoms with Crippen molar-refractivity contribution in [2.24, 2.45) is 0 Å². The number of carbonyl (C=O) groups is 1. The fourth-order valence-electron chi connectivity index (χ4n) is 2.78. The molecule has 0 spiro atoms. The molecule has 146 valence electrons. The third kappa shape index (κ3) is 5.80. The first kappa shape index (κ1) is 19.9. The fraction of sp³-hybridized carbons (Fsp3) is 0.238. The molecule has 2 aromatic carbocycles. The van der Waals surface area contributed by atoms with Crippen molar-refractivity contribution >= 4 is 40.7 Å². The van der Waals surface area contributed by atoms with Gasteiger partial charge in [-0.2, -0.15) is 0 Å². The standard InChI is InChI=1S/C21H23N3O3S/c1-26-19-9-2-16(3-10-19)4-11-20(25)23-21(28)22-17-5-7-18(8-6-17)24-12-14-27-15-13-24/h2-11H,12-15H2,1H3,(H2,22,23,25,28)/b11-4+. The molecule has 2 N–H and O–H groups in total. The number of nitrogens with one attached hydrogen (secondary N) is 2. The van der Waals surface area contributed by atoms with Gasteiger partial charge < -0.3 is 19.7 Å². The molecule has 0 bridgehead atoms. The van der Waals surface area contributed by atoms with Gasteiger partial charge in [0.05, 0.1) is 20.3 Å². The van der Waals surface area contributed by atoms with Gasteiger partial charge >= 0.3 is 0 Å². The lowest BCUT2D eigenvalue weighted by Gasteiger charge is -2.28. The maximum atomic E-state index is 12.0. The first-order chi connectivity index (χ1) is 13.6. The summed E-state index contributed by atoms with van der Waals surface area (Å²) >= 11 is 5.21. The van der Waals surface area contributed by atoms with E-state index in [0.29, 0.717) is 0 Å². The number of ether oxygens (including phenoxy) is 2. The number of hydrogen-bond acceptors (Lipinski definition) is 5. The minimum absolute atomic E-state index is 0.253. The molecule has 1 fully saturated rings. The summed E-state index contributed by atoms with van der Waals surface area (Å²) in [4.78, 5) is 14.3. The van der Waals surface area contributed by atoms with Crippen LogP contribution in [0, 0.1) is 0 Å². The molecule has 0 aromatic heterocycles. The number of rotatable bonds is 5. The van der Waals surface area contributed by atoms with Crippen molar-refractivity contribution in [3.05, 3.63) is 60.2 Å². The SMILES string of the molecule is COc1ccc(/C=C/C(=O)NC(=S)Nc2ccc(N3CCOCC3)cc2)cc1. The number of anilines is 2. The first-order valence-electron chi connectivity index (χ1n) is 9.01. The summed E-state index contributed by atoms with van der Waals surface area (Å²) in [6.45, 7) is 3.28. The lowest BCUT2D eigenvalue weighted by atomic mass is 10.2. The molecule has 0 saturated carbocycles. The normalized spacial score (nSPS) is 14.0. The third-order valence-corrected chi connectivity index (χ3v) is 4.49. The van der Waals surface area contributed by atoms with Gasteiger partial charge in [-0.1, -0.05) is 12.1 Å².